The Balaban J connectivity index is 1.60. The Morgan fingerprint density at radius 1 is 0.905 bits per heavy atom. The van der Waals surface area contributed by atoms with Crippen molar-refractivity contribution in [1.82, 2.24) is 0 Å². The molecule has 0 heterocycles. The molecular weight excluding hydrogens is 260 g/mol. The molecule has 0 atom stereocenters. The molecule has 0 unspecified atom stereocenters. The molecule has 1 aromatic rings. The van der Waals surface area contributed by atoms with E-state index in [0.29, 0.717) is 23.3 Å². The molecule has 5 rings (SSSR count). The summed E-state index contributed by atoms with van der Waals surface area (Å²) in [5.74, 6) is 4.07. The maximum Gasteiger partial charge on any atom is 0.125 e. The van der Waals surface area contributed by atoms with E-state index < -0.39 is 0 Å². The summed E-state index contributed by atoms with van der Waals surface area (Å²) in [4.78, 5) is 4.91. The predicted octanol–water partition coefficient (Wildman–Crippen LogP) is 2.38. The number of aliphatic imine (C=N–C) groups is 1. The zero-order valence-electron chi connectivity index (χ0n) is 12.3. The lowest BCUT2D eigenvalue weighted by atomic mass is 9.54. The van der Waals surface area contributed by atoms with Gasteiger partial charge in [0.15, 0.2) is 0 Å². The van der Waals surface area contributed by atoms with E-state index in [1.807, 2.05) is 18.2 Å². The number of nitrogens with two attached hydrogens (primary N) is 3. The van der Waals surface area contributed by atoms with Crippen molar-refractivity contribution >= 4 is 17.2 Å². The van der Waals surface area contributed by atoms with Gasteiger partial charge in [0, 0.05) is 5.56 Å². The maximum absolute atomic E-state index is 6.25. The van der Waals surface area contributed by atoms with Gasteiger partial charge in [-0.3, -0.25) is 4.99 Å². The Kier molecular flexibility index (Phi) is 2.88. The number of anilines is 2. The summed E-state index contributed by atoms with van der Waals surface area (Å²) in [6.45, 7) is 0. The van der Waals surface area contributed by atoms with Crippen LogP contribution in [-0.4, -0.2) is 11.9 Å². The molecule has 4 saturated carbocycles. The fraction of sp³-hybridized carbons (Fsp3) is 0.588. The molecule has 0 saturated heterocycles. The molecule has 4 fully saturated rings. The van der Waals surface area contributed by atoms with Crippen LogP contribution in [0.25, 0.3) is 0 Å². The highest BCUT2D eigenvalue weighted by molar-refractivity contribution is 5.99. The number of nitrogens with zero attached hydrogens (tertiary/aromatic N) is 1. The molecule has 0 spiro atoms. The minimum absolute atomic E-state index is 0.427. The first-order valence-electron chi connectivity index (χ1n) is 8.09. The van der Waals surface area contributed by atoms with Crippen LogP contribution in [0.15, 0.2) is 23.2 Å². The molecule has 4 heteroatoms. The molecule has 0 amide bonds. The highest BCUT2D eigenvalue weighted by Crippen LogP contribution is 2.54. The van der Waals surface area contributed by atoms with Gasteiger partial charge in [0.2, 0.25) is 0 Å². The minimum atomic E-state index is 0.427. The number of hydrogen-bond donors (Lipinski definition) is 3. The zero-order chi connectivity index (χ0) is 14.6. The number of hydrogen-bond acceptors (Lipinski definition) is 3. The van der Waals surface area contributed by atoms with Crippen LogP contribution < -0.4 is 17.2 Å². The van der Waals surface area contributed by atoms with Crippen molar-refractivity contribution in [2.24, 2.45) is 34.4 Å². The lowest BCUT2D eigenvalue weighted by Gasteiger charge is -2.53. The molecule has 4 aliphatic rings. The molecule has 4 aliphatic carbocycles. The largest absolute Gasteiger partial charge is 0.397 e. The fourth-order valence-corrected chi connectivity index (χ4v) is 5.08. The molecule has 112 valence electrons. The van der Waals surface area contributed by atoms with E-state index in [-0.39, 0.29) is 0 Å². The van der Waals surface area contributed by atoms with Crippen LogP contribution in [0, 0.1) is 23.7 Å². The predicted molar refractivity (Wildman–Crippen MR) is 86.8 cm³/mol. The first-order valence-corrected chi connectivity index (χ1v) is 8.09. The number of rotatable bonds is 2. The van der Waals surface area contributed by atoms with Crippen molar-refractivity contribution < 1.29 is 0 Å². The van der Waals surface area contributed by atoms with Crippen LogP contribution in [0.4, 0.5) is 11.4 Å². The Hall–Kier alpha value is -1.71. The van der Waals surface area contributed by atoms with E-state index in [0.717, 1.165) is 29.2 Å². The summed E-state index contributed by atoms with van der Waals surface area (Å²) < 4.78 is 0. The highest BCUT2D eigenvalue weighted by Gasteiger charge is 2.48. The quantitative estimate of drug-likeness (QED) is 0.442. The second-order valence-corrected chi connectivity index (χ2v) is 7.28. The summed E-state index contributed by atoms with van der Waals surface area (Å²) in [5.41, 5.74) is 20.0. The average Bonchev–Trinajstić information content (AvgIpc) is 2.45. The highest BCUT2D eigenvalue weighted by atomic mass is 14.9. The van der Waals surface area contributed by atoms with Crippen LogP contribution in [0.2, 0.25) is 0 Å². The summed E-state index contributed by atoms with van der Waals surface area (Å²) >= 11 is 0. The Bertz CT molecular complexity index is 564. The first-order chi connectivity index (χ1) is 10.1. The molecule has 0 aliphatic heterocycles. The summed E-state index contributed by atoms with van der Waals surface area (Å²) in [7, 11) is 0. The molecule has 21 heavy (non-hydrogen) atoms. The van der Waals surface area contributed by atoms with Crippen LogP contribution >= 0.6 is 0 Å². The van der Waals surface area contributed by atoms with Gasteiger partial charge in [-0.05, 0) is 74.0 Å². The fourth-order valence-electron chi connectivity index (χ4n) is 5.08. The number of nitrogen functional groups attached to an aromatic ring is 2. The van der Waals surface area contributed by atoms with Crippen molar-refractivity contribution in [3.05, 3.63) is 23.8 Å². The lowest BCUT2D eigenvalue weighted by Crippen LogP contribution is -2.48. The van der Waals surface area contributed by atoms with E-state index in [4.69, 9.17) is 22.2 Å². The summed E-state index contributed by atoms with van der Waals surface area (Å²) in [6, 6.07) is 5.99. The van der Waals surface area contributed by atoms with E-state index in [1.165, 1.54) is 32.1 Å². The molecular formula is C17H24N4. The van der Waals surface area contributed by atoms with Gasteiger partial charge in [-0.25, -0.2) is 0 Å². The number of amidine groups is 1. The van der Waals surface area contributed by atoms with Gasteiger partial charge in [0.1, 0.15) is 5.84 Å². The van der Waals surface area contributed by atoms with Gasteiger partial charge in [-0.1, -0.05) is 0 Å². The topological polar surface area (TPSA) is 90.4 Å². The van der Waals surface area contributed by atoms with Gasteiger partial charge in [-0.15, -0.1) is 0 Å². The van der Waals surface area contributed by atoms with E-state index in [2.05, 4.69) is 0 Å². The second-order valence-electron chi connectivity index (χ2n) is 7.28. The maximum atomic E-state index is 6.25. The Morgan fingerprint density at radius 3 is 2.10 bits per heavy atom. The smallest absolute Gasteiger partial charge is 0.125 e. The van der Waals surface area contributed by atoms with Crippen molar-refractivity contribution in [3.8, 4) is 0 Å². The SMILES string of the molecule is NC(=NC1C2CC3CC(C2)CC1C3)c1ccc(N)c(N)c1. The van der Waals surface area contributed by atoms with Crippen LogP contribution in [-0.2, 0) is 0 Å². The summed E-state index contributed by atoms with van der Waals surface area (Å²) in [6.07, 6.45) is 6.90. The molecule has 6 N–H and O–H groups in total. The van der Waals surface area contributed by atoms with E-state index >= 15 is 0 Å². The first kappa shape index (κ1) is 13.0. The Labute approximate surface area is 125 Å². The molecule has 0 radical (unpaired) electrons. The molecule has 4 bridgehead atoms. The van der Waals surface area contributed by atoms with Gasteiger partial charge in [0.05, 0.1) is 17.4 Å². The Morgan fingerprint density at radius 2 is 1.52 bits per heavy atom. The second kappa shape index (κ2) is 4.65. The third-order valence-corrected chi connectivity index (χ3v) is 5.85. The van der Waals surface area contributed by atoms with Gasteiger partial charge in [0.25, 0.3) is 0 Å². The van der Waals surface area contributed by atoms with Crippen molar-refractivity contribution in [2.45, 2.75) is 38.1 Å². The van der Waals surface area contributed by atoms with Crippen LogP contribution in [0.1, 0.15) is 37.7 Å². The normalized spacial score (nSPS) is 37.9. The molecule has 0 aromatic heterocycles. The molecule has 4 nitrogen and oxygen atoms in total. The van der Waals surface area contributed by atoms with Crippen LogP contribution in [0.3, 0.4) is 0 Å². The minimum Gasteiger partial charge on any atom is -0.397 e. The van der Waals surface area contributed by atoms with E-state index in [9.17, 15) is 0 Å². The third-order valence-electron chi connectivity index (χ3n) is 5.85. The van der Waals surface area contributed by atoms with E-state index in [1.54, 1.807) is 0 Å². The molecule has 1 aromatic carbocycles. The monoisotopic (exact) mass is 284 g/mol. The van der Waals surface area contributed by atoms with Crippen molar-refractivity contribution in [2.75, 3.05) is 11.5 Å². The third kappa shape index (κ3) is 2.17. The lowest BCUT2D eigenvalue weighted by molar-refractivity contribution is 0.00126. The van der Waals surface area contributed by atoms with Crippen LogP contribution in [0.5, 0.6) is 0 Å². The average molecular weight is 284 g/mol. The van der Waals surface area contributed by atoms with Crippen molar-refractivity contribution in [3.63, 3.8) is 0 Å². The van der Waals surface area contributed by atoms with Gasteiger partial charge in [-0.2, -0.15) is 0 Å². The summed E-state index contributed by atoms with van der Waals surface area (Å²) in [5, 5.41) is 0. The van der Waals surface area contributed by atoms with Gasteiger partial charge >= 0.3 is 0 Å². The number of benzene rings is 1. The standard InChI is InChI=1S/C17H24N4/c18-14-2-1-11(8-15(14)19)17(20)21-16-12-4-9-3-10(6-12)7-13(16)5-9/h1-2,8-10,12-13,16H,3-7,18-19H2,(H2,20,21). The van der Waals surface area contributed by atoms with Crippen molar-refractivity contribution in [1.29, 1.82) is 0 Å². The van der Waals surface area contributed by atoms with Gasteiger partial charge < -0.3 is 17.2 Å². The zero-order valence-corrected chi connectivity index (χ0v) is 12.3.